The Balaban J connectivity index is 1.65. The summed E-state index contributed by atoms with van der Waals surface area (Å²) in [6.07, 6.45) is 0. The van der Waals surface area contributed by atoms with E-state index in [1.54, 1.807) is 31.3 Å². The Hall–Kier alpha value is -1.56. The monoisotopic (exact) mass is 459 g/mol. The third-order valence-corrected chi connectivity index (χ3v) is 8.27. The van der Waals surface area contributed by atoms with Crippen molar-refractivity contribution >= 4 is 63.6 Å². The number of carbonyl (C=O) groups is 1. The number of hydrogen-bond donors (Lipinski definition) is 3. The number of halogens is 2. The smallest absolute Gasteiger partial charge is 0.266 e. The number of thiophene rings is 1. The predicted molar refractivity (Wildman–Crippen MR) is 110 cm³/mol. The maximum absolute atomic E-state index is 12.8. The van der Waals surface area contributed by atoms with Gasteiger partial charge in [-0.2, -0.15) is 4.31 Å². The Bertz CT molecular complexity index is 958. The van der Waals surface area contributed by atoms with E-state index in [2.05, 4.69) is 15.6 Å². The number of ether oxygens (including phenoxy) is 1. The number of guanidine groups is 1. The number of rotatable bonds is 3. The topological polar surface area (TPSA) is 113 Å². The van der Waals surface area contributed by atoms with E-state index in [9.17, 15) is 9.35 Å². The minimum Gasteiger partial charge on any atom is -0.592 e. The van der Waals surface area contributed by atoms with Crippen LogP contribution in [0.15, 0.2) is 24.3 Å². The van der Waals surface area contributed by atoms with Crippen LogP contribution in [-0.4, -0.2) is 51.2 Å². The van der Waals surface area contributed by atoms with Gasteiger partial charge >= 0.3 is 0 Å². The van der Waals surface area contributed by atoms with E-state index in [0.29, 0.717) is 20.6 Å². The van der Waals surface area contributed by atoms with Gasteiger partial charge in [0.15, 0.2) is 10.8 Å². The third kappa shape index (κ3) is 3.23. The maximum Gasteiger partial charge on any atom is 0.266 e. The Morgan fingerprint density at radius 3 is 3.11 bits per heavy atom. The van der Waals surface area contributed by atoms with Gasteiger partial charge in [-0.3, -0.25) is 10.2 Å². The van der Waals surface area contributed by atoms with Crippen LogP contribution in [0.2, 0.25) is 10.2 Å². The molecule has 3 unspecified atom stereocenters. The summed E-state index contributed by atoms with van der Waals surface area (Å²) in [7, 11) is 1.58. The van der Waals surface area contributed by atoms with Crippen molar-refractivity contribution in [3.63, 3.8) is 0 Å². The quantitative estimate of drug-likeness (QED) is 0.479. The van der Waals surface area contributed by atoms with Crippen molar-refractivity contribution in [3.8, 4) is 0 Å². The minimum atomic E-state index is -1.46. The van der Waals surface area contributed by atoms with E-state index in [1.165, 1.54) is 15.6 Å². The van der Waals surface area contributed by atoms with Gasteiger partial charge in [-0.25, -0.2) is 4.98 Å². The zero-order valence-corrected chi connectivity index (χ0v) is 17.6. The molecule has 0 aromatic carbocycles. The van der Waals surface area contributed by atoms with Crippen LogP contribution in [0, 0.1) is 5.41 Å². The van der Waals surface area contributed by atoms with Crippen molar-refractivity contribution in [1.82, 2.24) is 14.6 Å². The predicted octanol–water partition coefficient (Wildman–Crippen LogP) is 2.43. The van der Waals surface area contributed by atoms with Crippen molar-refractivity contribution in [3.05, 3.63) is 44.2 Å². The highest BCUT2D eigenvalue weighted by Gasteiger charge is 2.60. The number of carbonyl (C=O) groups excluding carboxylic acids is 1. The number of hydrogen-bond acceptors (Lipinski definition) is 6. The van der Waals surface area contributed by atoms with E-state index >= 15 is 0 Å². The molecule has 2 aliphatic rings. The van der Waals surface area contributed by atoms with Gasteiger partial charge in [0.05, 0.1) is 46.4 Å². The van der Waals surface area contributed by atoms with Gasteiger partial charge in [-0.1, -0.05) is 29.3 Å². The van der Waals surface area contributed by atoms with Gasteiger partial charge in [0.1, 0.15) is 11.0 Å². The van der Waals surface area contributed by atoms with Gasteiger partial charge in [-0.15, -0.1) is 11.3 Å². The molecule has 2 saturated heterocycles. The third-order valence-electron chi connectivity index (χ3n) is 4.59. The highest BCUT2D eigenvalue weighted by molar-refractivity contribution is 7.90. The Morgan fingerprint density at radius 1 is 1.57 bits per heavy atom. The molecule has 3 atom stereocenters. The van der Waals surface area contributed by atoms with Crippen LogP contribution >= 0.6 is 34.5 Å². The second kappa shape index (κ2) is 7.36. The molecule has 4 rings (SSSR count). The molecule has 1 amide bonds. The summed E-state index contributed by atoms with van der Waals surface area (Å²) in [5, 5.41) is 14.1. The van der Waals surface area contributed by atoms with E-state index in [-0.39, 0.29) is 30.2 Å². The molecule has 28 heavy (non-hydrogen) atoms. The first-order valence-electron chi connectivity index (χ1n) is 8.14. The summed E-state index contributed by atoms with van der Waals surface area (Å²) in [4.78, 5) is 17.7. The van der Waals surface area contributed by atoms with Crippen LogP contribution in [0.4, 0.5) is 5.82 Å². The molecule has 0 spiro atoms. The van der Waals surface area contributed by atoms with E-state index in [4.69, 9.17) is 33.3 Å². The lowest BCUT2D eigenvalue weighted by Gasteiger charge is -2.42. The second-order valence-corrected chi connectivity index (χ2v) is 9.83. The number of pyridine rings is 1. The summed E-state index contributed by atoms with van der Waals surface area (Å²) in [6.45, 7) is 0.468. The molecule has 0 saturated carbocycles. The number of amides is 1. The molecule has 0 aliphatic carbocycles. The zero-order chi connectivity index (χ0) is 20.1. The Labute approximate surface area is 178 Å². The second-order valence-electron chi connectivity index (χ2n) is 6.31. The lowest BCUT2D eigenvalue weighted by molar-refractivity contribution is 0.103. The summed E-state index contributed by atoms with van der Waals surface area (Å²) in [5.74, 6) is -0.0494. The molecule has 2 aromatic heterocycles. The van der Waals surface area contributed by atoms with E-state index in [1.807, 2.05) is 0 Å². The average Bonchev–Trinajstić information content (AvgIpc) is 3.24. The van der Waals surface area contributed by atoms with Crippen LogP contribution < -0.4 is 10.6 Å². The molecular formula is C16H15Cl2N5O3S2. The van der Waals surface area contributed by atoms with Gasteiger partial charge in [0, 0.05) is 0 Å². The molecule has 2 aliphatic heterocycles. The standard InChI is InChI=1S/C16H15Cl2N5O3S2/c1-23-15(19)22-16(7-26-6-10(16)28(23)25)13-8(17)5-9(27-13)14(24)21-12-4-2-3-11(18)20-12/h2-5,10H,6-7H2,1H3,(H2,19,22)(H,20,21,24). The summed E-state index contributed by atoms with van der Waals surface area (Å²) in [5.41, 5.74) is -0.914. The summed E-state index contributed by atoms with van der Waals surface area (Å²) >= 11 is 12.0. The molecule has 148 valence electrons. The van der Waals surface area contributed by atoms with Crippen molar-refractivity contribution in [2.75, 3.05) is 25.6 Å². The molecule has 0 radical (unpaired) electrons. The van der Waals surface area contributed by atoms with Gasteiger partial charge in [-0.05, 0) is 18.2 Å². The first-order valence-corrected chi connectivity index (χ1v) is 10.9. The molecule has 3 N–H and O–H groups in total. The molecule has 4 heterocycles. The minimum absolute atomic E-state index is 0.0127. The Morgan fingerprint density at radius 2 is 2.36 bits per heavy atom. The SMILES string of the molecule is CN1C(=N)NC2(c3sc(C(=O)Nc4cccc(Cl)n4)cc3Cl)COCC2[S+]1[O-]. The van der Waals surface area contributed by atoms with E-state index in [0.717, 1.165) is 0 Å². The summed E-state index contributed by atoms with van der Waals surface area (Å²) < 4.78 is 19.7. The molecule has 12 heteroatoms. The fraction of sp³-hybridized carbons (Fsp3) is 0.312. The normalized spacial score (nSPS) is 26.7. The largest absolute Gasteiger partial charge is 0.592 e. The fourth-order valence-electron chi connectivity index (χ4n) is 3.19. The molecule has 8 nitrogen and oxygen atoms in total. The molecule has 2 fully saturated rings. The molecular weight excluding hydrogens is 445 g/mol. The van der Waals surface area contributed by atoms with Gasteiger partial charge in [0.25, 0.3) is 5.91 Å². The molecule has 2 aromatic rings. The number of nitrogens with zero attached hydrogens (tertiary/aromatic N) is 2. The van der Waals surface area contributed by atoms with E-state index < -0.39 is 22.2 Å². The highest BCUT2D eigenvalue weighted by Crippen LogP contribution is 2.45. The summed E-state index contributed by atoms with van der Waals surface area (Å²) in [6, 6.07) is 6.47. The first-order chi connectivity index (χ1) is 13.3. The highest BCUT2D eigenvalue weighted by atomic mass is 35.5. The first kappa shape index (κ1) is 19.7. The van der Waals surface area contributed by atoms with Gasteiger partial charge in [0.2, 0.25) is 5.96 Å². The average molecular weight is 460 g/mol. The zero-order valence-electron chi connectivity index (χ0n) is 14.5. The Kier molecular flexibility index (Phi) is 5.19. The van der Waals surface area contributed by atoms with Crippen LogP contribution in [0.25, 0.3) is 0 Å². The van der Waals surface area contributed by atoms with Crippen LogP contribution in [-0.2, 0) is 21.6 Å². The van der Waals surface area contributed by atoms with Crippen LogP contribution in [0.1, 0.15) is 14.5 Å². The fourth-order valence-corrected chi connectivity index (χ4v) is 6.43. The van der Waals surface area contributed by atoms with Crippen molar-refractivity contribution < 1.29 is 14.1 Å². The molecule has 0 bridgehead atoms. The van der Waals surface area contributed by atoms with Crippen molar-refractivity contribution in [1.29, 1.82) is 5.41 Å². The van der Waals surface area contributed by atoms with Crippen molar-refractivity contribution in [2.24, 2.45) is 0 Å². The number of fused-ring (bicyclic) bond motifs is 1. The lowest BCUT2D eigenvalue weighted by atomic mass is 9.95. The number of anilines is 1. The van der Waals surface area contributed by atoms with Crippen LogP contribution in [0.5, 0.6) is 0 Å². The van der Waals surface area contributed by atoms with Crippen molar-refractivity contribution in [2.45, 2.75) is 10.8 Å². The van der Waals surface area contributed by atoms with Crippen LogP contribution in [0.3, 0.4) is 0 Å². The number of aromatic nitrogens is 1. The lowest BCUT2D eigenvalue weighted by Crippen LogP contribution is -2.66. The van der Waals surface area contributed by atoms with Gasteiger partial charge < -0.3 is 19.9 Å². The number of nitrogens with one attached hydrogen (secondary N) is 3. The maximum atomic E-state index is 12.8.